The summed E-state index contributed by atoms with van der Waals surface area (Å²) in [5, 5.41) is 2.68. The van der Waals surface area contributed by atoms with E-state index in [0.717, 1.165) is 32.7 Å². The largest absolute Gasteiger partial charge is 0.366 e. The summed E-state index contributed by atoms with van der Waals surface area (Å²) in [6.45, 7) is 0. The van der Waals surface area contributed by atoms with E-state index in [2.05, 4.69) is 33.0 Å². The minimum absolute atomic E-state index is 0.461. The number of nitrogens with two attached hydrogens (primary N) is 1. The van der Waals surface area contributed by atoms with E-state index in [1.807, 2.05) is 54.6 Å². The SMILES string of the molecule is NC(=O)c1c(Br)cc(-c2nccc3cc(Cl)ccc23)cc1SCc1ccccc1. The molecule has 0 aliphatic heterocycles. The summed E-state index contributed by atoms with van der Waals surface area (Å²) in [6, 6.07) is 21.7. The molecule has 3 nitrogen and oxygen atoms in total. The van der Waals surface area contributed by atoms with E-state index >= 15 is 0 Å². The molecule has 0 radical (unpaired) electrons. The first-order valence-corrected chi connectivity index (χ1v) is 11.0. The smallest absolute Gasteiger partial charge is 0.250 e. The molecule has 2 N–H and O–H groups in total. The van der Waals surface area contributed by atoms with Gasteiger partial charge < -0.3 is 5.73 Å². The van der Waals surface area contributed by atoms with Crippen molar-refractivity contribution in [3.05, 3.63) is 93.5 Å². The average molecular weight is 484 g/mol. The highest BCUT2D eigenvalue weighted by atomic mass is 79.9. The lowest BCUT2D eigenvalue weighted by Crippen LogP contribution is -2.13. The fourth-order valence-corrected chi connectivity index (χ4v) is 5.23. The number of pyridine rings is 1. The number of halogens is 2. The van der Waals surface area contributed by atoms with Crippen molar-refractivity contribution in [2.24, 2.45) is 5.73 Å². The van der Waals surface area contributed by atoms with Crippen LogP contribution in [0.2, 0.25) is 5.02 Å². The molecule has 29 heavy (non-hydrogen) atoms. The Morgan fingerprint density at radius 2 is 1.86 bits per heavy atom. The number of fused-ring (bicyclic) bond motifs is 1. The molecule has 0 unspecified atom stereocenters. The lowest BCUT2D eigenvalue weighted by Gasteiger charge is -2.13. The van der Waals surface area contributed by atoms with Crippen molar-refractivity contribution in [3.63, 3.8) is 0 Å². The summed E-state index contributed by atoms with van der Waals surface area (Å²) in [4.78, 5) is 17.5. The molecule has 0 bridgehead atoms. The van der Waals surface area contributed by atoms with Gasteiger partial charge in [0.2, 0.25) is 0 Å². The van der Waals surface area contributed by atoms with Crippen LogP contribution in [0.4, 0.5) is 0 Å². The maximum atomic E-state index is 12.1. The predicted molar refractivity (Wildman–Crippen MR) is 124 cm³/mol. The molecule has 1 amide bonds. The van der Waals surface area contributed by atoms with Crippen LogP contribution in [0.5, 0.6) is 0 Å². The summed E-state index contributed by atoms with van der Waals surface area (Å²) in [6.07, 6.45) is 1.76. The van der Waals surface area contributed by atoms with Crippen molar-refractivity contribution in [2.45, 2.75) is 10.6 Å². The molecule has 0 saturated heterocycles. The van der Waals surface area contributed by atoms with Crippen LogP contribution in [0.1, 0.15) is 15.9 Å². The molecule has 0 atom stereocenters. The lowest BCUT2D eigenvalue weighted by atomic mass is 10.0. The van der Waals surface area contributed by atoms with Crippen molar-refractivity contribution in [1.82, 2.24) is 4.98 Å². The number of carbonyl (C=O) groups is 1. The molecule has 1 aromatic heterocycles. The third-order valence-electron chi connectivity index (χ3n) is 4.54. The molecule has 3 aromatic carbocycles. The van der Waals surface area contributed by atoms with Gasteiger partial charge in [-0.1, -0.05) is 48.0 Å². The highest BCUT2D eigenvalue weighted by molar-refractivity contribution is 9.10. The Morgan fingerprint density at radius 1 is 1.07 bits per heavy atom. The van der Waals surface area contributed by atoms with Crippen molar-refractivity contribution in [3.8, 4) is 11.3 Å². The number of primary amides is 1. The van der Waals surface area contributed by atoms with E-state index in [-0.39, 0.29) is 0 Å². The highest BCUT2D eigenvalue weighted by Gasteiger charge is 2.17. The average Bonchev–Trinajstić information content (AvgIpc) is 2.71. The molecule has 4 rings (SSSR count). The summed E-state index contributed by atoms with van der Waals surface area (Å²) in [5.74, 6) is 0.270. The number of amides is 1. The fraction of sp³-hybridized carbons (Fsp3) is 0.0435. The van der Waals surface area contributed by atoms with Gasteiger partial charge in [-0.3, -0.25) is 9.78 Å². The number of benzene rings is 3. The normalized spacial score (nSPS) is 11.0. The van der Waals surface area contributed by atoms with Crippen molar-refractivity contribution in [2.75, 3.05) is 0 Å². The van der Waals surface area contributed by atoms with Gasteiger partial charge in [-0.05, 0) is 57.2 Å². The Balaban J connectivity index is 1.81. The fourth-order valence-electron chi connectivity index (χ4n) is 3.19. The van der Waals surface area contributed by atoms with Gasteiger partial charge in [0, 0.05) is 37.3 Å². The van der Waals surface area contributed by atoms with Crippen molar-refractivity contribution >= 4 is 56.0 Å². The quantitative estimate of drug-likeness (QED) is 0.321. The highest BCUT2D eigenvalue weighted by Crippen LogP contribution is 2.37. The van der Waals surface area contributed by atoms with Gasteiger partial charge in [0.05, 0.1) is 11.3 Å². The first kappa shape index (κ1) is 20.0. The Labute approximate surface area is 186 Å². The Bertz CT molecular complexity index is 1210. The van der Waals surface area contributed by atoms with Crippen molar-refractivity contribution < 1.29 is 4.79 Å². The van der Waals surface area contributed by atoms with E-state index in [1.165, 1.54) is 5.56 Å². The van der Waals surface area contributed by atoms with Gasteiger partial charge in [-0.15, -0.1) is 11.8 Å². The summed E-state index contributed by atoms with van der Waals surface area (Å²) in [5.41, 5.74) is 9.06. The monoisotopic (exact) mass is 482 g/mol. The first-order valence-electron chi connectivity index (χ1n) is 8.87. The number of thioether (sulfide) groups is 1. The van der Waals surface area contributed by atoms with E-state index in [1.54, 1.807) is 18.0 Å². The Kier molecular flexibility index (Phi) is 5.90. The number of rotatable bonds is 5. The molecular formula is C23H16BrClN2OS. The predicted octanol–water partition coefficient (Wildman–Crippen LogP) is 6.71. The maximum absolute atomic E-state index is 12.1. The summed E-state index contributed by atoms with van der Waals surface area (Å²) in [7, 11) is 0. The second-order valence-corrected chi connectivity index (χ2v) is 8.80. The van der Waals surface area contributed by atoms with Crippen LogP contribution in [0.25, 0.3) is 22.0 Å². The molecule has 0 fully saturated rings. The number of carbonyl (C=O) groups excluding carboxylic acids is 1. The first-order chi connectivity index (χ1) is 14.0. The second kappa shape index (κ2) is 8.57. The zero-order valence-corrected chi connectivity index (χ0v) is 18.4. The van der Waals surface area contributed by atoms with E-state index in [0.29, 0.717) is 15.1 Å². The standard InChI is InChI=1S/C23H16BrClN2OS/c24-19-11-16(22-18-7-6-17(25)10-15(18)8-9-27-22)12-20(21(19)23(26)28)29-13-14-4-2-1-3-5-14/h1-12H,13H2,(H2,26,28). The minimum atomic E-state index is -0.461. The van der Waals surface area contributed by atoms with E-state index < -0.39 is 5.91 Å². The minimum Gasteiger partial charge on any atom is -0.366 e. The van der Waals surface area contributed by atoms with Crippen LogP contribution in [-0.4, -0.2) is 10.9 Å². The molecule has 0 spiro atoms. The molecular weight excluding hydrogens is 468 g/mol. The molecule has 0 aliphatic carbocycles. The van der Waals surface area contributed by atoms with Gasteiger partial charge >= 0.3 is 0 Å². The molecule has 6 heteroatoms. The Hall–Kier alpha value is -2.34. The van der Waals surface area contributed by atoms with Crippen LogP contribution < -0.4 is 5.73 Å². The van der Waals surface area contributed by atoms with Crippen LogP contribution in [-0.2, 0) is 5.75 Å². The number of hydrogen-bond acceptors (Lipinski definition) is 3. The molecule has 144 valence electrons. The van der Waals surface area contributed by atoms with E-state index in [4.69, 9.17) is 17.3 Å². The molecule has 0 saturated carbocycles. The van der Waals surface area contributed by atoms with Crippen LogP contribution in [0.15, 0.2) is 82.3 Å². The third kappa shape index (κ3) is 4.32. The topological polar surface area (TPSA) is 56.0 Å². The molecule has 0 aliphatic rings. The van der Waals surface area contributed by atoms with Gasteiger partial charge in [0.15, 0.2) is 0 Å². The molecule has 1 heterocycles. The zero-order chi connectivity index (χ0) is 20.4. The number of nitrogens with zero attached hydrogens (tertiary/aromatic N) is 1. The van der Waals surface area contributed by atoms with Crippen LogP contribution in [0, 0.1) is 0 Å². The van der Waals surface area contributed by atoms with E-state index in [9.17, 15) is 4.79 Å². The summed E-state index contributed by atoms with van der Waals surface area (Å²) < 4.78 is 0.658. The van der Waals surface area contributed by atoms with Gasteiger partial charge in [-0.25, -0.2) is 0 Å². The van der Waals surface area contributed by atoms with Gasteiger partial charge in [0.25, 0.3) is 5.91 Å². The van der Waals surface area contributed by atoms with Crippen molar-refractivity contribution in [1.29, 1.82) is 0 Å². The zero-order valence-electron chi connectivity index (χ0n) is 15.2. The number of hydrogen-bond donors (Lipinski definition) is 1. The summed E-state index contributed by atoms with van der Waals surface area (Å²) >= 11 is 11.3. The molecule has 4 aromatic rings. The lowest BCUT2D eigenvalue weighted by molar-refractivity contribution is 0.0997. The van der Waals surface area contributed by atoms with Crippen LogP contribution >= 0.6 is 39.3 Å². The van der Waals surface area contributed by atoms with Gasteiger partial charge in [0.1, 0.15) is 0 Å². The Morgan fingerprint density at radius 3 is 2.62 bits per heavy atom. The third-order valence-corrected chi connectivity index (χ3v) is 6.51. The second-order valence-electron chi connectivity index (χ2n) is 6.49. The maximum Gasteiger partial charge on any atom is 0.250 e. The number of aromatic nitrogens is 1. The van der Waals surface area contributed by atoms with Crippen LogP contribution in [0.3, 0.4) is 0 Å². The van der Waals surface area contributed by atoms with Gasteiger partial charge in [-0.2, -0.15) is 0 Å².